The van der Waals surface area contributed by atoms with Crippen LogP contribution < -0.4 is 11.2 Å². The van der Waals surface area contributed by atoms with Gasteiger partial charge in [-0.05, 0) is 110 Å². The molecule has 3 aliphatic heterocycles. The average Bonchev–Trinajstić information content (AvgIpc) is 4.04. The normalized spacial score (nSPS) is 18.0. The molecule has 0 radical (unpaired) electrons. The van der Waals surface area contributed by atoms with Crippen LogP contribution in [0.2, 0.25) is 0 Å². The number of aromatic amines is 3. The van der Waals surface area contributed by atoms with E-state index in [0.717, 1.165) is 62.9 Å². The molecule has 3 aliphatic rings. The maximum absolute atomic E-state index is 13.5. The zero-order valence-corrected chi connectivity index (χ0v) is 39.1. The maximum atomic E-state index is 13.5. The minimum atomic E-state index is -1.41. The summed E-state index contributed by atoms with van der Waals surface area (Å²) in [5.74, 6) is -2.88. The molecule has 3 N–H and O–H groups in total. The molecule has 0 saturated carbocycles. The van der Waals surface area contributed by atoms with Gasteiger partial charge in [0.1, 0.15) is 12.7 Å². The number of ether oxygens (including phenoxy) is 6. The molecule has 0 spiro atoms. The highest BCUT2D eigenvalue weighted by Crippen LogP contribution is 2.38. The second-order valence-corrected chi connectivity index (χ2v) is 16.6. The lowest BCUT2D eigenvalue weighted by atomic mass is 9.98. The zero-order chi connectivity index (χ0) is 49.1. The third kappa shape index (κ3) is 10.3. The number of aryl methyl sites for hydroxylation is 2. The Bertz CT molecular complexity index is 3130. The van der Waals surface area contributed by atoms with E-state index in [1.165, 1.54) is 33.4 Å². The van der Waals surface area contributed by atoms with Crippen LogP contribution in [-0.2, 0) is 52.4 Å². The summed E-state index contributed by atoms with van der Waals surface area (Å²) in [6, 6.07) is 9.66. The van der Waals surface area contributed by atoms with Gasteiger partial charge in [0, 0.05) is 67.4 Å². The molecule has 4 aromatic heterocycles. The van der Waals surface area contributed by atoms with E-state index in [4.69, 9.17) is 38.4 Å². The van der Waals surface area contributed by atoms with E-state index in [9.17, 15) is 33.6 Å². The third-order valence-electron chi connectivity index (χ3n) is 12.0. The highest BCUT2D eigenvalue weighted by Gasteiger charge is 2.51. The Kier molecular flexibility index (Phi) is 14.2. The number of nitrogens with one attached hydrogen (secondary N) is 3. The number of carbonyl (C=O) groups is 5. The van der Waals surface area contributed by atoms with Gasteiger partial charge in [0.05, 0.1) is 42.6 Å². The van der Waals surface area contributed by atoms with Gasteiger partial charge in [-0.1, -0.05) is 6.08 Å². The average molecular weight is 933 g/mol. The first-order chi connectivity index (χ1) is 32.3. The molecule has 356 valence electrons. The molecule has 68 heavy (non-hydrogen) atoms. The predicted molar refractivity (Wildman–Crippen MR) is 250 cm³/mol. The Hall–Kier alpha value is -7.67. The van der Waals surface area contributed by atoms with Crippen molar-refractivity contribution in [1.29, 1.82) is 0 Å². The number of fused-ring (bicyclic) bond motifs is 8. The molecular weight excluding hydrogens is 881 g/mol. The molecule has 0 aromatic carbocycles. The molecule has 1 saturated heterocycles. The van der Waals surface area contributed by atoms with Gasteiger partial charge in [-0.2, -0.15) is 0 Å². The van der Waals surface area contributed by atoms with Gasteiger partial charge in [0.25, 0.3) is 5.56 Å². The summed E-state index contributed by atoms with van der Waals surface area (Å²) in [5.41, 5.74) is 9.60. The van der Waals surface area contributed by atoms with E-state index in [1.54, 1.807) is 6.08 Å². The molecule has 1 unspecified atom stereocenters. The number of rotatable bonds is 13. The maximum Gasteiger partial charge on any atom is 0.330 e. The van der Waals surface area contributed by atoms with Crippen LogP contribution >= 0.6 is 0 Å². The number of allylic oxidation sites excluding steroid dienone is 4. The number of esters is 5. The molecule has 1 fully saturated rings. The van der Waals surface area contributed by atoms with E-state index in [2.05, 4.69) is 15.0 Å². The summed E-state index contributed by atoms with van der Waals surface area (Å²) in [7, 11) is 2.69. The zero-order valence-electron chi connectivity index (χ0n) is 39.1. The smallest absolute Gasteiger partial charge is 0.330 e. The number of hydrogen-bond donors (Lipinski definition) is 3. The van der Waals surface area contributed by atoms with E-state index < -0.39 is 60.3 Å². The van der Waals surface area contributed by atoms with Crippen molar-refractivity contribution in [3.05, 3.63) is 102 Å². The summed E-state index contributed by atoms with van der Waals surface area (Å²) in [5, 5.41) is 0. The summed E-state index contributed by atoms with van der Waals surface area (Å²) in [6.45, 7) is 10.8. The molecule has 0 amide bonds. The van der Waals surface area contributed by atoms with Crippen LogP contribution in [0.1, 0.15) is 112 Å². The Morgan fingerprint density at radius 2 is 1.29 bits per heavy atom. The van der Waals surface area contributed by atoms with Crippen LogP contribution in [0.15, 0.2) is 46.1 Å². The first kappa shape index (κ1) is 48.3. The van der Waals surface area contributed by atoms with Crippen molar-refractivity contribution in [1.82, 2.24) is 29.5 Å². The number of methoxy groups -OCH3 is 2. The van der Waals surface area contributed by atoms with Crippen molar-refractivity contribution in [2.24, 2.45) is 0 Å². The first-order valence-electron chi connectivity index (χ1n) is 21.8. The SMILES string of the molecule is COC(=O)CCC1=C(C)c2cc3cc(C)c(cc4[nH]c(cc5nc(cc1n2)C(CCC(=O)OC)=C5C)c(C)c4/C=C/c1cn(C2O[C@H](COC(C)=O)[C@@H](OC(C)=O)[C@H]2OC(C)=O)c(=O)[nH]c1=O)[nH]3. The van der Waals surface area contributed by atoms with E-state index in [1.807, 2.05) is 58.0 Å². The molecular formula is C49H52N6O13. The largest absolute Gasteiger partial charge is 0.469 e. The van der Waals surface area contributed by atoms with E-state index in [-0.39, 0.29) is 30.3 Å². The van der Waals surface area contributed by atoms with Gasteiger partial charge in [-0.3, -0.25) is 38.3 Å². The predicted octanol–water partition coefficient (Wildman–Crippen LogP) is 6.04. The molecule has 0 aliphatic carbocycles. The summed E-state index contributed by atoms with van der Waals surface area (Å²) in [6.07, 6.45) is 0.257. The second-order valence-electron chi connectivity index (χ2n) is 16.6. The van der Waals surface area contributed by atoms with Crippen LogP contribution in [0.4, 0.5) is 0 Å². The lowest BCUT2D eigenvalue weighted by Gasteiger charge is -2.24. The molecule has 7 heterocycles. The minimum Gasteiger partial charge on any atom is -0.469 e. The Morgan fingerprint density at radius 3 is 1.88 bits per heavy atom. The van der Waals surface area contributed by atoms with Crippen LogP contribution in [0.25, 0.3) is 56.5 Å². The van der Waals surface area contributed by atoms with Crippen molar-refractivity contribution in [3.8, 4) is 0 Å². The number of hydrogen-bond acceptors (Lipinski definition) is 15. The number of carbonyl (C=O) groups excluding carboxylic acids is 5. The molecule has 19 heteroatoms. The van der Waals surface area contributed by atoms with Gasteiger partial charge >= 0.3 is 35.5 Å². The van der Waals surface area contributed by atoms with Crippen LogP contribution in [0.5, 0.6) is 0 Å². The van der Waals surface area contributed by atoms with Gasteiger partial charge in [-0.25, -0.2) is 14.8 Å². The van der Waals surface area contributed by atoms with Crippen LogP contribution in [0.3, 0.4) is 0 Å². The van der Waals surface area contributed by atoms with Crippen molar-refractivity contribution in [2.45, 2.75) is 98.7 Å². The van der Waals surface area contributed by atoms with Crippen molar-refractivity contribution in [2.75, 3.05) is 20.8 Å². The Labute approximate surface area is 389 Å². The number of aromatic nitrogens is 6. The molecule has 19 nitrogen and oxygen atoms in total. The Balaban J connectivity index is 1.40. The standard InChI is InChI=1S/C49H52N6O13/c1-23-16-31-17-36-24(2)33(12-14-43(59)63-8)40(51-36)20-41-34(13-15-44(60)64-9)26(4)38(53-41)19-37-25(3)32(39(52-37)18-35(23)50-31)11-10-30-21-55(49(62)54-47(30)61)48-46(67-29(7)58)45(66-28(6)57)42(68-48)22-65-27(5)56/h10-11,16-21,42,45-46,48,50,52H,12-15,22H2,1-9H3,(H,54,61,62)/b11-10+,31-17?,35-18?,36-17?,37-19?,38-19?,39-18?,40-20?,41-20?/t42-,45-,46-,48?/m1/s1. The van der Waals surface area contributed by atoms with Crippen LogP contribution in [-0.4, -0.2) is 98.5 Å². The van der Waals surface area contributed by atoms with Crippen molar-refractivity contribution < 1.29 is 52.4 Å². The highest BCUT2D eigenvalue weighted by atomic mass is 16.7. The molecule has 4 aromatic rings. The molecule has 4 atom stereocenters. The molecule has 7 rings (SSSR count). The lowest BCUT2D eigenvalue weighted by Crippen LogP contribution is -2.42. The monoisotopic (exact) mass is 932 g/mol. The Morgan fingerprint density at radius 1 is 0.691 bits per heavy atom. The van der Waals surface area contributed by atoms with E-state index in [0.29, 0.717) is 52.2 Å². The summed E-state index contributed by atoms with van der Waals surface area (Å²) >= 11 is 0. The van der Waals surface area contributed by atoms with Gasteiger partial charge in [-0.15, -0.1) is 0 Å². The van der Waals surface area contributed by atoms with Crippen molar-refractivity contribution >= 4 is 86.4 Å². The van der Waals surface area contributed by atoms with Gasteiger partial charge in [0.2, 0.25) is 0 Å². The second kappa shape index (κ2) is 20.1. The fourth-order valence-electron chi connectivity index (χ4n) is 8.48. The summed E-state index contributed by atoms with van der Waals surface area (Å²) in [4.78, 5) is 107. The van der Waals surface area contributed by atoms with E-state index >= 15 is 0 Å². The quantitative estimate of drug-likeness (QED) is 0.102. The fraction of sp³-hybridized carbons (Fsp3) is 0.367. The highest BCUT2D eigenvalue weighted by molar-refractivity contribution is 5.97. The van der Waals surface area contributed by atoms with Gasteiger partial charge < -0.3 is 38.4 Å². The molecule has 8 bridgehead atoms. The number of nitrogens with zero attached hydrogens (tertiary/aromatic N) is 3. The van der Waals surface area contributed by atoms with Gasteiger partial charge in [0.15, 0.2) is 18.4 Å². The van der Waals surface area contributed by atoms with Crippen LogP contribution in [0, 0.1) is 13.8 Å². The summed E-state index contributed by atoms with van der Waals surface area (Å²) < 4.78 is 33.2. The third-order valence-corrected chi connectivity index (χ3v) is 12.0. The minimum absolute atomic E-state index is 0.0114. The number of H-pyrrole nitrogens is 3. The topological polar surface area (TPSA) is 253 Å². The lowest BCUT2D eigenvalue weighted by molar-refractivity contribution is -0.166. The van der Waals surface area contributed by atoms with Crippen molar-refractivity contribution in [3.63, 3.8) is 0 Å². The fourth-order valence-corrected chi connectivity index (χ4v) is 8.48. The first-order valence-corrected chi connectivity index (χ1v) is 21.8.